The van der Waals surface area contributed by atoms with Crippen molar-refractivity contribution in [3.63, 3.8) is 0 Å². The van der Waals surface area contributed by atoms with Crippen LogP contribution in [0.1, 0.15) is 42.4 Å². The van der Waals surface area contributed by atoms with Crippen molar-refractivity contribution in [1.82, 2.24) is 20.4 Å². The molecule has 1 aliphatic heterocycles. The van der Waals surface area contributed by atoms with Crippen LogP contribution in [-0.4, -0.2) is 34.8 Å². The minimum Gasteiger partial charge on any atom is -0.351 e. The van der Waals surface area contributed by atoms with Crippen molar-refractivity contribution in [1.29, 1.82) is 0 Å². The molecule has 1 atom stereocenters. The van der Waals surface area contributed by atoms with Gasteiger partial charge >= 0.3 is 0 Å². The summed E-state index contributed by atoms with van der Waals surface area (Å²) in [5.74, 6) is -0.0181. The lowest BCUT2D eigenvalue weighted by Crippen LogP contribution is -2.31. The zero-order valence-electron chi connectivity index (χ0n) is 11.2. The maximum Gasteiger partial charge on any atom is 0.269 e. The molecule has 5 heteroatoms. The van der Waals surface area contributed by atoms with Crippen molar-refractivity contribution in [2.75, 3.05) is 13.1 Å². The molecule has 0 bridgehead atoms. The van der Waals surface area contributed by atoms with Gasteiger partial charge in [0.05, 0.1) is 5.69 Å². The van der Waals surface area contributed by atoms with Gasteiger partial charge in [-0.1, -0.05) is 0 Å². The molecule has 1 saturated heterocycles. The van der Waals surface area contributed by atoms with Crippen LogP contribution in [-0.2, 0) is 6.54 Å². The molecule has 1 amide bonds. The maximum absolute atomic E-state index is 12.0. The molecule has 0 radical (unpaired) electrons. The molecular weight excluding hydrogens is 228 g/mol. The Bertz CT molecular complexity index is 407. The van der Waals surface area contributed by atoms with Crippen LogP contribution in [0.2, 0.25) is 0 Å². The number of amides is 1. The third-order valence-electron chi connectivity index (χ3n) is 3.38. The van der Waals surface area contributed by atoms with E-state index in [-0.39, 0.29) is 5.91 Å². The van der Waals surface area contributed by atoms with Gasteiger partial charge in [-0.25, -0.2) is 0 Å². The van der Waals surface area contributed by atoms with Gasteiger partial charge in [0.1, 0.15) is 5.69 Å². The summed E-state index contributed by atoms with van der Waals surface area (Å²) >= 11 is 0. The normalized spacial score (nSPS) is 19.1. The SMILES string of the molecule is CCn1nc(C)cc1C(=O)NCC[C@@H]1CCCN1. The van der Waals surface area contributed by atoms with Gasteiger partial charge in [0.25, 0.3) is 5.91 Å². The summed E-state index contributed by atoms with van der Waals surface area (Å²) in [6.07, 6.45) is 3.48. The number of carbonyl (C=O) groups excluding carboxylic acids is 1. The number of carbonyl (C=O) groups is 1. The van der Waals surface area contributed by atoms with E-state index in [1.807, 2.05) is 19.9 Å². The summed E-state index contributed by atoms with van der Waals surface area (Å²) in [6, 6.07) is 2.41. The molecule has 1 aromatic rings. The van der Waals surface area contributed by atoms with Crippen molar-refractivity contribution < 1.29 is 4.79 Å². The Kier molecular flexibility index (Phi) is 4.36. The first kappa shape index (κ1) is 13.1. The monoisotopic (exact) mass is 250 g/mol. The van der Waals surface area contributed by atoms with Crippen LogP contribution in [0.15, 0.2) is 6.07 Å². The summed E-state index contributed by atoms with van der Waals surface area (Å²) in [5, 5.41) is 10.7. The second-order valence-electron chi connectivity index (χ2n) is 4.82. The largest absolute Gasteiger partial charge is 0.351 e. The molecule has 2 heterocycles. The van der Waals surface area contributed by atoms with E-state index in [1.165, 1.54) is 12.8 Å². The third kappa shape index (κ3) is 3.10. The number of hydrogen-bond donors (Lipinski definition) is 2. The molecule has 2 N–H and O–H groups in total. The highest BCUT2D eigenvalue weighted by Crippen LogP contribution is 2.08. The van der Waals surface area contributed by atoms with E-state index in [0.29, 0.717) is 11.7 Å². The van der Waals surface area contributed by atoms with Crippen LogP contribution < -0.4 is 10.6 Å². The predicted octanol–water partition coefficient (Wildman–Crippen LogP) is 1.08. The quantitative estimate of drug-likeness (QED) is 0.822. The second-order valence-corrected chi connectivity index (χ2v) is 4.82. The molecule has 2 rings (SSSR count). The van der Waals surface area contributed by atoms with Crippen molar-refractivity contribution in [2.45, 2.75) is 45.7 Å². The number of nitrogens with one attached hydrogen (secondary N) is 2. The summed E-state index contributed by atoms with van der Waals surface area (Å²) in [4.78, 5) is 12.0. The maximum atomic E-state index is 12.0. The van der Waals surface area contributed by atoms with Crippen LogP contribution in [0.25, 0.3) is 0 Å². The molecular formula is C13H22N4O. The Morgan fingerprint density at radius 2 is 2.50 bits per heavy atom. The first-order valence-corrected chi connectivity index (χ1v) is 6.76. The van der Waals surface area contributed by atoms with E-state index >= 15 is 0 Å². The average molecular weight is 250 g/mol. The highest BCUT2D eigenvalue weighted by molar-refractivity contribution is 5.92. The Hall–Kier alpha value is -1.36. The van der Waals surface area contributed by atoms with Gasteiger partial charge in [-0.15, -0.1) is 0 Å². The van der Waals surface area contributed by atoms with Gasteiger partial charge in [-0.2, -0.15) is 5.10 Å². The third-order valence-corrected chi connectivity index (χ3v) is 3.38. The zero-order chi connectivity index (χ0) is 13.0. The number of nitrogens with zero attached hydrogens (tertiary/aromatic N) is 2. The van der Waals surface area contributed by atoms with Crippen LogP contribution in [0.4, 0.5) is 0 Å². The van der Waals surface area contributed by atoms with Crippen molar-refractivity contribution in [2.24, 2.45) is 0 Å². The van der Waals surface area contributed by atoms with E-state index < -0.39 is 0 Å². The average Bonchev–Trinajstić information content (AvgIpc) is 2.98. The van der Waals surface area contributed by atoms with Gasteiger partial charge in [0.15, 0.2) is 0 Å². The van der Waals surface area contributed by atoms with Gasteiger partial charge in [0.2, 0.25) is 0 Å². The minimum atomic E-state index is -0.0181. The number of rotatable bonds is 5. The van der Waals surface area contributed by atoms with E-state index in [4.69, 9.17) is 0 Å². The molecule has 100 valence electrons. The van der Waals surface area contributed by atoms with Crippen LogP contribution in [0.5, 0.6) is 0 Å². The minimum absolute atomic E-state index is 0.0181. The Labute approximate surface area is 108 Å². The number of aryl methyl sites for hydroxylation is 2. The lowest BCUT2D eigenvalue weighted by Gasteiger charge is -2.11. The molecule has 1 fully saturated rings. The highest BCUT2D eigenvalue weighted by Gasteiger charge is 2.15. The smallest absolute Gasteiger partial charge is 0.269 e. The first-order valence-electron chi connectivity index (χ1n) is 6.76. The van der Waals surface area contributed by atoms with Crippen molar-refractivity contribution in [3.8, 4) is 0 Å². The molecule has 0 aliphatic carbocycles. The van der Waals surface area contributed by atoms with Gasteiger partial charge in [0, 0.05) is 19.1 Å². The molecule has 0 unspecified atom stereocenters. The van der Waals surface area contributed by atoms with Gasteiger partial charge < -0.3 is 10.6 Å². The van der Waals surface area contributed by atoms with Crippen LogP contribution in [0.3, 0.4) is 0 Å². The fourth-order valence-electron chi connectivity index (χ4n) is 2.42. The Balaban J connectivity index is 1.83. The highest BCUT2D eigenvalue weighted by atomic mass is 16.2. The lowest BCUT2D eigenvalue weighted by atomic mass is 10.1. The second kappa shape index (κ2) is 6.00. The van der Waals surface area contributed by atoms with Gasteiger partial charge in [-0.3, -0.25) is 9.48 Å². The molecule has 1 aromatic heterocycles. The molecule has 0 spiro atoms. The van der Waals surface area contributed by atoms with Crippen LogP contribution in [0, 0.1) is 6.92 Å². The van der Waals surface area contributed by atoms with Crippen LogP contribution >= 0.6 is 0 Å². The van der Waals surface area contributed by atoms with Crippen molar-refractivity contribution >= 4 is 5.91 Å². The molecule has 0 aromatic carbocycles. The summed E-state index contributed by atoms with van der Waals surface area (Å²) in [6.45, 7) is 6.46. The fraction of sp³-hybridized carbons (Fsp3) is 0.692. The summed E-state index contributed by atoms with van der Waals surface area (Å²) < 4.78 is 1.75. The standard InChI is InChI=1S/C13H22N4O/c1-3-17-12(9-10(2)16-17)13(18)15-8-6-11-5-4-7-14-11/h9,11,14H,3-8H2,1-2H3,(H,15,18)/t11-/m0/s1. The summed E-state index contributed by atoms with van der Waals surface area (Å²) in [5.41, 5.74) is 1.55. The summed E-state index contributed by atoms with van der Waals surface area (Å²) in [7, 11) is 0. The Morgan fingerprint density at radius 3 is 3.17 bits per heavy atom. The lowest BCUT2D eigenvalue weighted by molar-refractivity contribution is 0.0941. The van der Waals surface area contributed by atoms with E-state index in [2.05, 4.69) is 15.7 Å². The molecule has 5 nitrogen and oxygen atoms in total. The number of aromatic nitrogens is 2. The molecule has 18 heavy (non-hydrogen) atoms. The van der Waals surface area contributed by atoms with E-state index in [0.717, 1.165) is 31.7 Å². The van der Waals surface area contributed by atoms with Gasteiger partial charge in [-0.05, 0) is 45.7 Å². The van der Waals surface area contributed by atoms with E-state index in [9.17, 15) is 4.79 Å². The van der Waals surface area contributed by atoms with Crippen molar-refractivity contribution in [3.05, 3.63) is 17.5 Å². The number of hydrogen-bond acceptors (Lipinski definition) is 3. The first-order chi connectivity index (χ1) is 8.70. The molecule has 1 aliphatic rings. The topological polar surface area (TPSA) is 59.0 Å². The fourth-order valence-corrected chi connectivity index (χ4v) is 2.42. The zero-order valence-corrected chi connectivity index (χ0v) is 11.2. The predicted molar refractivity (Wildman–Crippen MR) is 70.6 cm³/mol. The molecule has 0 saturated carbocycles. The Morgan fingerprint density at radius 1 is 1.67 bits per heavy atom. The van der Waals surface area contributed by atoms with E-state index in [1.54, 1.807) is 4.68 Å².